The van der Waals surface area contributed by atoms with Gasteiger partial charge < -0.3 is 10.2 Å². The third-order valence-corrected chi connectivity index (χ3v) is 6.50. The summed E-state index contributed by atoms with van der Waals surface area (Å²) in [5.74, 6) is -0.102. The van der Waals surface area contributed by atoms with E-state index in [-0.39, 0.29) is 30.3 Å². The summed E-state index contributed by atoms with van der Waals surface area (Å²) in [4.78, 5) is 41.8. The monoisotopic (exact) mass is 397 g/mol. The number of carbonyl (C=O) groups excluding carboxylic acids is 3. The van der Waals surface area contributed by atoms with Gasteiger partial charge in [0.05, 0.1) is 6.54 Å². The van der Waals surface area contributed by atoms with E-state index in [2.05, 4.69) is 11.9 Å². The summed E-state index contributed by atoms with van der Waals surface area (Å²) in [7, 11) is 0. The fraction of sp³-hybridized carbons (Fsp3) is 0.522. The van der Waals surface area contributed by atoms with Gasteiger partial charge in [0.1, 0.15) is 5.54 Å². The molecule has 2 saturated heterocycles. The highest BCUT2D eigenvalue weighted by Crippen LogP contribution is 2.36. The maximum absolute atomic E-state index is 13.1. The van der Waals surface area contributed by atoms with Crippen LogP contribution in [-0.2, 0) is 4.79 Å². The molecule has 1 aromatic carbocycles. The molecule has 2 aliphatic rings. The molecule has 1 unspecified atom stereocenters. The normalized spacial score (nSPS) is 22.8. The molecule has 29 heavy (non-hydrogen) atoms. The number of amides is 4. The summed E-state index contributed by atoms with van der Waals surface area (Å²) in [6.45, 7) is 13.0. The summed E-state index contributed by atoms with van der Waals surface area (Å²) in [6, 6.07) is 5.46. The van der Waals surface area contributed by atoms with Crippen molar-refractivity contribution < 1.29 is 14.4 Å². The molecular formula is C23H31N3O3. The molecule has 1 atom stereocenters. The van der Waals surface area contributed by atoms with Gasteiger partial charge in [-0.05, 0) is 63.1 Å². The van der Waals surface area contributed by atoms with E-state index in [1.807, 2.05) is 50.8 Å². The number of hydrogen-bond donors (Lipinski definition) is 1. The summed E-state index contributed by atoms with van der Waals surface area (Å²) >= 11 is 0. The molecule has 0 aliphatic carbocycles. The van der Waals surface area contributed by atoms with Crippen LogP contribution in [0.1, 0.15) is 54.6 Å². The number of hydrogen-bond acceptors (Lipinski definition) is 3. The Balaban J connectivity index is 1.73. The van der Waals surface area contributed by atoms with Crippen LogP contribution in [0.5, 0.6) is 0 Å². The number of urea groups is 1. The Morgan fingerprint density at radius 1 is 1.24 bits per heavy atom. The van der Waals surface area contributed by atoms with Crippen LogP contribution in [0.25, 0.3) is 0 Å². The number of nitrogens with one attached hydrogen (secondary N) is 1. The van der Waals surface area contributed by atoms with Crippen molar-refractivity contribution in [2.24, 2.45) is 5.92 Å². The van der Waals surface area contributed by atoms with Gasteiger partial charge >= 0.3 is 6.03 Å². The molecule has 0 bridgehead atoms. The van der Waals surface area contributed by atoms with Crippen LogP contribution < -0.4 is 5.32 Å². The van der Waals surface area contributed by atoms with E-state index in [1.165, 1.54) is 4.90 Å². The highest BCUT2D eigenvalue weighted by atomic mass is 16.2. The molecule has 3 rings (SSSR count). The molecule has 1 aromatic rings. The second-order valence-electron chi connectivity index (χ2n) is 8.42. The molecule has 156 valence electrons. The van der Waals surface area contributed by atoms with Crippen molar-refractivity contribution in [3.05, 3.63) is 47.0 Å². The van der Waals surface area contributed by atoms with Gasteiger partial charge in [-0.1, -0.05) is 31.2 Å². The number of aryl methyl sites for hydroxylation is 1. The second-order valence-corrected chi connectivity index (χ2v) is 8.42. The largest absolute Gasteiger partial charge is 0.339 e. The second kappa shape index (κ2) is 8.01. The van der Waals surface area contributed by atoms with Crippen molar-refractivity contribution in [2.45, 2.75) is 52.5 Å². The minimum absolute atomic E-state index is 0.0155. The van der Waals surface area contributed by atoms with Crippen molar-refractivity contribution >= 4 is 17.8 Å². The third kappa shape index (κ3) is 3.68. The van der Waals surface area contributed by atoms with Crippen LogP contribution in [-0.4, -0.2) is 52.8 Å². The maximum Gasteiger partial charge on any atom is 0.325 e. The lowest BCUT2D eigenvalue weighted by molar-refractivity contribution is -0.133. The van der Waals surface area contributed by atoms with Crippen molar-refractivity contribution in [3.63, 3.8) is 0 Å². The Morgan fingerprint density at radius 2 is 1.90 bits per heavy atom. The third-order valence-electron chi connectivity index (χ3n) is 6.50. The molecule has 4 amide bonds. The Morgan fingerprint density at radius 3 is 2.48 bits per heavy atom. The molecule has 0 spiro atoms. The molecule has 6 heteroatoms. The number of piperidine rings is 1. The zero-order valence-corrected chi connectivity index (χ0v) is 17.9. The topological polar surface area (TPSA) is 69.7 Å². The van der Waals surface area contributed by atoms with Gasteiger partial charge in [0.15, 0.2) is 0 Å². The van der Waals surface area contributed by atoms with Crippen LogP contribution in [0.2, 0.25) is 0 Å². The first-order chi connectivity index (χ1) is 13.7. The Labute approximate surface area is 172 Å². The van der Waals surface area contributed by atoms with Crippen LogP contribution in [0, 0.1) is 19.8 Å². The number of benzene rings is 1. The van der Waals surface area contributed by atoms with E-state index < -0.39 is 5.54 Å². The minimum atomic E-state index is -0.874. The summed E-state index contributed by atoms with van der Waals surface area (Å²) in [5, 5.41) is 2.98. The van der Waals surface area contributed by atoms with E-state index >= 15 is 0 Å². The fourth-order valence-electron chi connectivity index (χ4n) is 4.59. The van der Waals surface area contributed by atoms with Gasteiger partial charge in [0.2, 0.25) is 0 Å². The number of carbonyl (C=O) groups is 3. The van der Waals surface area contributed by atoms with Gasteiger partial charge in [-0.2, -0.15) is 0 Å². The van der Waals surface area contributed by atoms with E-state index in [9.17, 15) is 14.4 Å². The van der Waals surface area contributed by atoms with E-state index in [0.29, 0.717) is 32.4 Å². The van der Waals surface area contributed by atoms with Gasteiger partial charge in [-0.15, -0.1) is 0 Å². The summed E-state index contributed by atoms with van der Waals surface area (Å²) < 4.78 is 0. The van der Waals surface area contributed by atoms with Crippen molar-refractivity contribution in [2.75, 3.05) is 19.6 Å². The zero-order valence-electron chi connectivity index (χ0n) is 17.9. The molecule has 0 saturated carbocycles. The zero-order chi connectivity index (χ0) is 21.3. The van der Waals surface area contributed by atoms with Crippen LogP contribution in [0.3, 0.4) is 0 Å². The minimum Gasteiger partial charge on any atom is -0.339 e. The van der Waals surface area contributed by atoms with Crippen LogP contribution >= 0.6 is 0 Å². The predicted molar refractivity (Wildman–Crippen MR) is 113 cm³/mol. The standard InChI is InChI=1S/C23H31N3O3/c1-6-23(21(28)26(14-15(2)3)22(29)24-23)18-10-12-25(13-11-18)20(27)19-9-7-8-16(4)17(19)5/h7-9,18H,2,6,10-14H2,1,3-5H3,(H,24,29). The molecule has 0 radical (unpaired) electrons. The lowest BCUT2D eigenvalue weighted by atomic mass is 9.75. The van der Waals surface area contributed by atoms with Crippen molar-refractivity contribution in [3.8, 4) is 0 Å². The van der Waals surface area contributed by atoms with E-state index in [1.54, 1.807) is 0 Å². The molecule has 2 fully saturated rings. The molecular weight excluding hydrogens is 366 g/mol. The van der Waals surface area contributed by atoms with Gasteiger partial charge in [0, 0.05) is 18.7 Å². The van der Waals surface area contributed by atoms with E-state index in [0.717, 1.165) is 22.3 Å². The van der Waals surface area contributed by atoms with Gasteiger partial charge in [0.25, 0.3) is 11.8 Å². The number of nitrogens with zero attached hydrogens (tertiary/aromatic N) is 2. The SMILES string of the molecule is C=C(C)CN1C(=O)NC(CC)(C2CCN(C(=O)c3cccc(C)c3C)CC2)C1=O. The van der Waals surface area contributed by atoms with Gasteiger partial charge in [-0.25, -0.2) is 4.79 Å². The first-order valence-electron chi connectivity index (χ1n) is 10.3. The highest BCUT2D eigenvalue weighted by molar-refractivity contribution is 6.07. The molecule has 6 nitrogen and oxygen atoms in total. The Kier molecular flexibility index (Phi) is 5.82. The average Bonchev–Trinajstić information content (AvgIpc) is 2.94. The highest BCUT2D eigenvalue weighted by Gasteiger charge is 2.54. The fourth-order valence-corrected chi connectivity index (χ4v) is 4.59. The average molecular weight is 398 g/mol. The summed E-state index contributed by atoms with van der Waals surface area (Å²) in [6.07, 6.45) is 1.93. The lowest BCUT2D eigenvalue weighted by Gasteiger charge is -2.40. The Bertz CT molecular complexity index is 855. The van der Waals surface area contributed by atoms with E-state index in [4.69, 9.17) is 0 Å². The Hall–Kier alpha value is -2.63. The molecule has 2 heterocycles. The van der Waals surface area contributed by atoms with Crippen molar-refractivity contribution in [1.82, 2.24) is 15.1 Å². The lowest BCUT2D eigenvalue weighted by Crippen LogP contribution is -2.56. The first-order valence-corrected chi connectivity index (χ1v) is 10.3. The molecule has 1 N–H and O–H groups in total. The number of imide groups is 1. The van der Waals surface area contributed by atoms with Gasteiger partial charge in [-0.3, -0.25) is 14.5 Å². The van der Waals surface area contributed by atoms with Crippen LogP contribution in [0.4, 0.5) is 4.79 Å². The number of rotatable bonds is 5. The smallest absolute Gasteiger partial charge is 0.325 e. The quantitative estimate of drug-likeness (QED) is 0.611. The maximum atomic E-state index is 13.1. The first kappa shape index (κ1) is 21.1. The van der Waals surface area contributed by atoms with Crippen LogP contribution in [0.15, 0.2) is 30.4 Å². The molecule has 2 aliphatic heterocycles. The predicted octanol–water partition coefficient (Wildman–Crippen LogP) is 3.43. The molecule has 0 aromatic heterocycles. The number of likely N-dealkylation sites (tertiary alicyclic amines) is 1. The van der Waals surface area contributed by atoms with Crippen molar-refractivity contribution in [1.29, 1.82) is 0 Å². The summed E-state index contributed by atoms with van der Waals surface area (Å²) in [5.41, 5.74) is 2.76.